The average molecular weight is 341 g/mol. The van der Waals surface area contributed by atoms with E-state index in [1.807, 2.05) is 18.2 Å². The predicted molar refractivity (Wildman–Crippen MR) is 98.6 cm³/mol. The van der Waals surface area contributed by atoms with Crippen molar-refractivity contribution in [1.29, 1.82) is 0 Å². The average Bonchev–Trinajstić information content (AvgIpc) is 2.62. The molecule has 1 heterocycles. The molecule has 0 spiro atoms. The van der Waals surface area contributed by atoms with Crippen molar-refractivity contribution in [2.45, 2.75) is 19.4 Å². The lowest BCUT2D eigenvalue weighted by Gasteiger charge is -2.20. The molecule has 0 saturated heterocycles. The Labute approximate surface area is 148 Å². The molecule has 0 bridgehead atoms. The summed E-state index contributed by atoms with van der Waals surface area (Å²) in [5, 5.41) is 0. The molecule has 2 aromatic carbocycles. The van der Waals surface area contributed by atoms with Crippen LogP contribution in [-0.2, 0) is 13.0 Å². The van der Waals surface area contributed by atoms with Crippen molar-refractivity contribution in [2.75, 3.05) is 27.3 Å². The first kappa shape index (κ1) is 17.5. The molecular formula is C21H24FNO2. The first-order valence-corrected chi connectivity index (χ1v) is 8.59. The van der Waals surface area contributed by atoms with Gasteiger partial charge in [-0.25, -0.2) is 4.39 Å². The van der Waals surface area contributed by atoms with Gasteiger partial charge in [-0.3, -0.25) is 4.90 Å². The molecule has 0 unspecified atom stereocenters. The van der Waals surface area contributed by atoms with Crippen molar-refractivity contribution in [2.24, 2.45) is 0 Å². The topological polar surface area (TPSA) is 21.7 Å². The summed E-state index contributed by atoms with van der Waals surface area (Å²) in [4.78, 5) is 2.21. The Hall–Kier alpha value is -2.33. The van der Waals surface area contributed by atoms with E-state index < -0.39 is 0 Å². The number of methoxy groups -OCH3 is 1. The number of fused-ring (bicyclic) bond motifs is 1. The van der Waals surface area contributed by atoms with Gasteiger partial charge >= 0.3 is 0 Å². The number of likely N-dealkylation sites (N-methyl/N-ethyl adjacent to an activating group) is 1. The minimum Gasteiger partial charge on any atom is -0.494 e. The molecule has 0 fully saturated rings. The van der Waals surface area contributed by atoms with E-state index in [9.17, 15) is 4.39 Å². The van der Waals surface area contributed by atoms with E-state index >= 15 is 0 Å². The fourth-order valence-corrected chi connectivity index (χ4v) is 3.01. The Bertz CT molecular complexity index is 758. The maximum absolute atomic E-state index is 13.7. The second kappa shape index (κ2) is 8.17. The van der Waals surface area contributed by atoms with E-state index in [2.05, 4.69) is 30.1 Å². The zero-order valence-corrected chi connectivity index (χ0v) is 14.8. The number of ether oxygens (including phenoxy) is 2. The van der Waals surface area contributed by atoms with Gasteiger partial charge in [0.15, 0.2) is 11.6 Å². The first-order valence-electron chi connectivity index (χ1n) is 8.59. The van der Waals surface area contributed by atoms with Crippen LogP contribution in [-0.4, -0.2) is 32.2 Å². The quantitative estimate of drug-likeness (QED) is 0.782. The lowest BCUT2D eigenvalue weighted by molar-refractivity contribution is 0.287. The Morgan fingerprint density at radius 3 is 2.92 bits per heavy atom. The fourth-order valence-electron chi connectivity index (χ4n) is 3.01. The molecule has 0 amide bonds. The van der Waals surface area contributed by atoms with E-state index in [-0.39, 0.29) is 11.6 Å². The maximum atomic E-state index is 13.7. The number of hydrogen-bond donors (Lipinski definition) is 0. The summed E-state index contributed by atoms with van der Waals surface area (Å²) in [6.45, 7) is 2.44. The zero-order chi connectivity index (χ0) is 17.6. The first-order chi connectivity index (χ1) is 12.2. The second-order valence-corrected chi connectivity index (χ2v) is 6.39. The highest BCUT2D eigenvalue weighted by Crippen LogP contribution is 2.26. The lowest BCUT2D eigenvalue weighted by Crippen LogP contribution is -2.18. The molecule has 0 aliphatic carbocycles. The summed E-state index contributed by atoms with van der Waals surface area (Å²) >= 11 is 0. The lowest BCUT2D eigenvalue weighted by atomic mass is 10.0. The smallest absolute Gasteiger partial charge is 0.165 e. The van der Waals surface area contributed by atoms with Gasteiger partial charge in [0.2, 0.25) is 0 Å². The van der Waals surface area contributed by atoms with Crippen molar-refractivity contribution < 1.29 is 13.9 Å². The molecule has 4 heteroatoms. The van der Waals surface area contributed by atoms with Gasteiger partial charge < -0.3 is 9.47 Å². The Balaban J connectivity index is 1.55. The molecule has 1 aliphatic rings. The maximum Gasteiger partial charge on any atom is 0.165 e. The standard InChI is InChI=1S/C21H24FNO2/c1-23(11-3-5-16-8-10-20(24-2)19(22)13-16)15-17-7-9-18-6-4-12-25-21(18)14-17/h3,5,7-10,13-14H,4,6,11-12,15H2,1-2H3/b5-3+. The summed E-state index contributed by atoms with van der Waals surface area (Å²) in [7, 11) is 3.54. The summed E-state index contributed by atoms with van der Waals surface area (Å²) in [6.07, 6.45) is 6.17. The van der Waals surface area contributed by atoms with Gasteiger partial charge in [-0.05, 0) is 54.8 Å². The van der Waals surface area contributed by atoms with E-state index in [1.165, 1.54) is 24.3 Å². The van der Waals surface area contributed by atoms with Crippen LogP contribution in [0.3, 0.4) is 0 Å². The Kier molecular flexibility index (Phi) is 5.71. The third-order valence-corrected chi connectivity index (χ3v) is 4.34. The van der Waals surface area contributed by atoms with Gasteiger partial charge in [-0.1, -0.05) is 30.4 Å². The van der Waals surface area contributed by atoms with E-state index in [4.69, 9.17) is 9.47 Å². The molecule has 0 aromatic heterocycles. The van der Waals surface area contributed by atoms with Crippen molar-refractivity contribution in [3.05, 3.63) is 65.0 Å². The molecule has 1 aliphatic heterocycles. The van der Waals surface area contributed by atoms with Crippen LogP contribution < -0.4 is 9.47 Å². The van der Waals surface area contributed by atoms with Crippen molar-refractivity contribution in [3.63, 3.8) is 0 Å². The van der Waals surface area contributed by atoms with Crippen molar-refractivity contribution in [1.82, 2.24) is 4.90 Å². The van der Waals surface area contributed by atoms with Crippen molar-refractivity contribution in [3.8, 4) is 11.5 Å². The summed E-state index contributed by atoms with van der Waals surface area (Å²) in [5.41, 5.74) is 3.38. The molecule has 0 radical (unpaired) electrons. The van der Waals surface area contributed by atoms with Gasteiger partial charge in [-0.15, -0.1) is 0 Å². The Morgan fingerprint density at radius 1 is 1.24 bits per heavy atom. The number of rotatable bonds is 6. The molecule has 2 aromatic rings. The third kappa shape index (κ3) is 4.60. The molecule has 0 N–H and O–H groups in total. The van der Waals surface area contributed by atoms with Crippen LogP contribution in [0.1, 0.15) is 23.1 Å². The fraction of sp³-hybridized carbons (Fsp3) is 0.333. The number of nitrogens with zero attached hydrogens (tertiary/aromatic N) is 1. The molecule has 0 atom stereocenters. The largest absolute Gasteiger partial charge is 0.494 e. The second-order valence-electron chi connectivity index (χ2n) is 6.39. The van der Waals surface area contributed by atoms with Crippen LogP contribution in [0, 0.1) is 5.82 Å². The number of aryl methyl sites for hydroxylation is 1. The van der Waals surface area contributed by atoms with Crippen LogP contribution in [0.5, 0.6) is 11.5 Å². The summed E-state index contributed by atoms with van der Waals surface area (Å²) in [6, 6.07) is 11.5. The monoisotopic (exact) mass is 341 g/mol. The van der Waals surface area contributed by atoms with Gasteiger partial charge in [-0.2, -0.15) is 0 Å². The highest BCUT2D eigenvalue weighted by atomic mass is 19.1. The predicted octanol–water partition coefficient (Wildman–Crippen LogP) is 4.30. The molecule has 132 valence electrons. The van der Waals surface area contributed by atoms with Crippen molar-refractivity contribution >= 4 is 6.08 Å². The molecule has 25 heavy (non-hydrogen) atoms. The number of halogens is 1. The number of benzene rings is 2. The van der Waals surface area contributed by atoms with Crippen LogP contribution in [0.15, 0.2) is 42.5 Å². The normalized spacial score (nSPS) is 13.8. The van der Waals surface area contributed by atoms with E-state index in [1.54, 1.807) is 6.07 Å². The van der Waals surface area contributed by atoms with E-state index in [0.717, 1.165) is 43.9 Å². The molecule has 0 saturated carbocycles. The van der Waals surface area contributed by atoms with Gasteiger partial charge in [0, 0.05) is 13.1 Å². The van der Waals surface area contributed by atoms with Gasteiger partial charge in [0.1, 0.15) is 5.75 Å². The van der Waals surface area contributed by atoms with E-state index in [0.29, 0.717) is 0 Å². The molecular weight excluding hydrogens is 317 g/mol. The molecule has 3 rings (SSSR count). The minimum atomic E-state index is -0.341. The van der Waals surface area contributed by atoms with Gasteiger partial charge in [0.25, 0.3) is 0 Å². The highest BCUT2D eigenvalue weighted by Gasteiger charge is 2.11. The van der Waals surface area contributed by atoms with Crippen LogP contribution in [0.25, 0.3) is 6.08 Å². The minimum absolute atomic E-state index is 0.267. The van der Waals surface area contributed by atoms with Crippen LogP contribution in [0.4, 0.5) is 4.39 Å². The SMILES string of the molecule is COc1ccc(/C=C/CN(C)Cc2ccc3c(c2)OCCC3)cc1F. The summed E-state index contributed by atoms with van der Waals surface area (Å²) in [5.74, 6) is 0.956. The molecule has 3 nitrogen and oxygen atoms in total. The Morgan fingerprint density at radius 2 is 2.12 bits per heavy atom. The third-order valence-electron chi connectivity index (χ3n) is 4.34. The van der Waals surface area contributed by atoms with Crippen LogP contribution in [0.2, 0.25) is 0 Å². The van der Waals surface area contributed by atoms with Crippen LogP contribution >= 0.6 is 0 Å². The zero-order valence-electron chi connectivity index (χ0n) is 14.8. The van der Waals surface area contributed by atoms with Gasteiger partial charge in [0.05, 0.1) is 13.7 Å². The number of hydrogen-bond acceptors (Lipinski definition) is 3. The summed E-state index contributed by atoms with van der Waals surface area (Å²) < 4.78 is 24.3. The highest BCUT2D eigenvalue weighted by molar-refractivity contribution is 5.51.